The summed E-state index contributed by atoms with van der Waals surface area (Å²) in [6.45, 7) is 2.31. The lowest BCUT2D eigenvalue weighted by Gasteiger charge is -2.36. The van der Waals surface area contributed by atoms with Gasteiger partial charge in [-0.25, -0.2) is 4.39 Å². The van der Waals surface area contributed by atoms with Crippen LogP contribution in [0.5, 0.6) is 0 Å². The molecule has 0 atom stereocenters. The molecule has 1 aliphatic rings. The molecule has 0 aromatic heterocycles. The van der Waals surface area contributed by atoms with E-state index in [1.807, 2.05) is 54.6 Å². The standard InChI is InChI=1S/C33H30ClFN4O3/c34-26-12-10-25(11-13-26)32(41)39(22-24-6-2-1-3-7-24)23-31(40)36-27-14-16-28(17-15-27)37-18-20-38(21-19-37)33(42)29-8-4-5-9-30(29)35/h1-17H,18-23H2,(H,36,40). The van der Waals surface area contributed by atoms with Gasteiger partial charge in [0.05, 0.1) is 5.56 Å². The fourth-order valence-corrected chi connectivity index (χ4v) is 5.01. The first-order chi connectivity index (χ1) is 20.4. The number of carbonyl (C=O) groups excluding carboxylic acids is 3. The van der Waals surface area contributed by atoms with E-state index in [1.54, 1.807) is 41.3 Å². The van der Waals surface area contributed by atoms with Gasteiger partial charge in [-0.3, -0.25) is 14.4 Å². The Morgan fingerprint density at radius 3 is 2.10 bits per heavy atom. The Kier molecular flexibility index (Phi) is 9.14. The fraction of sp³-hybridized carbons (Fsp3) is 0.182. The van der Waals surface area contributed by atoms with Gasteiger partial charge in [0.15, 0.2) is 0 Å². The van der Waals surface area contributed by atoms with Crippen LogP contribution in [-0.2, 0) is 11.3 Å². The first kappa shape index (κ1) is 28.8. The van der Waals surface area contributed by atoms with Crippen LogP contribution in [0.4, 0.5) is 15.8 Å². The van der Waals surface area contributed by atoms with E-state index in [0.717, 1.165) is 11.3 Å². The first-order valence-electron chi connectivity index (χ1n) is 13.6. The lowest BCUT2D eigenvalue weighted by Crippen LogP contribution is -2.49. The Labute approximate surface area is 249 Å². The van der Waals surface area contributed by atoms with Gasteiger partial charge in [-0.1, -0.05) is 54.1 Å². The van der Waals surface area contributed by atoms with Crippen LogP contribution in [0.2, 0.25) is 5.02 Å². The molecule has 42 heavy (non-hydrogen) atoms. The van der Waals surface area contributed by atoms with Gasteiger partial charge in [0.25, 0.3) is 11.8 Å². The quantitative estimate of drug-likeness (QED) is 0.287. The molecule has 0 bridgehead atoms. The van der Waals surface area contributed by atoms with Crippen LogP contribution in [0.1, 0.15) is 26.3 Å². The summed E-state index contributed by atoms with van der Waals surface area (Å²) in [5.41, 5.74) is 3.00. The Morgan fingerprint density at radius 1 is 0.786 bits per heavy atom. The van der Waals surface area contributed by atoms with E-state index >= 15 is 0 Å². The molecule has 4 aromatic rings. The van der Waals surface area contributed by atoms with Gasteiger partial charge in [-0.2, -0.15) is 0 Å². The smallest absolute Gasteiger partial charge is 0.256 e. The number of hydrogen-bond donors (Lipinski definition) is 1. The van der Waals surface area contributed by atoms with Crippen molar-refractivity contribution in [2.75, 3.05) is 42.9 Å². The fourth-order valence-electron chi connectivity index (χ4n) is 4.88. The van der Waals surface area contributed by atoms with Crippen molar-refractivity contribution in [3.8, 4) is 0 Å². The molecule has 0 unspecified atom stereocenters. The minimum Gasteiger partial charge on any atom is -0.368 e. The van der Waals surface area contributed by atoms with Crippen molar-refractivity contribution in [2.24, 2.45) is 0 Å². The second-order valence-corrected chi connectivity index (χ2v) is 10.4. The van der Waals surface area contributed by atoms with Crippen LogP contribution in [0.15, 0.2) is 103 Å². The molecule has 3 amide bonds. The van der Waals surface area contributed by atoms with Gasteiger partial charge in [-0.15, -0.1) is 0 Å². The van der Waals surface area contributed by atoms with Gasteiger partial charge in [0, 0.05) is 54.7 Å². The van der Waals surface area contributed by atoms with E-state index in [2.05, 4.69) is 10.2 Å². The Bertz CT molecular complexity index is 1540. The summed E-state index contributed by atoms with van der Waals surface area (Å²) in [6, 6.07) is 29.6. The molecule has 7 nitrogen and oxygen atoms in total. The van der Waals surface area contributed by atoms with Crippen molar-refractivity contribution in [1.29, 1.82) is 0 Å². The number of anilines is 2. The van der Waals surface area contributed by atoms with Crippen LogP contribution in [-0.4, -0.2) is 60.2 Å². The average molecular weight is 585 g/mol. The highest BCUT2D eigenvalue weighted by Gasteiger charge is 2.24. The maximum atomic E-state index is 14.1. The number of piperazine rings is 1. The molecule has 214 valence electrons. The highest BCUT2D eigenvalue weighted by atomic mass is 35.5. The summed E-state index contributed by atoms with van der Waals surface area (Å²) in [4.78, 5) is 44.3. The maximum absolute atomic E-state index is 14.1. The van der Waals surface area contributed by atoms with Gasteiger partial charge in [0.2, 0.25) is 5.91 Å². The third kappa shape index (κ3) is 7.14. The number of nitrogens with zero attached hydrogens (tertiary/aromatic N) is 3. The minimum atomic E-state index is -0.514. The lowest BCUT2D eigenvalue weighted by atomic mass is 10.1. The Balaban J connectivity index is 1.18. The van der Waals surface area contributed by atoms with Crippen LogP contribution in [0.3, 0.4) is 0 Å². The summed E-state index contributed by atoms with van der Waals surface area (Å²) in [5, 5.41) is 3.42. The minimum absolute atomic E-state index is 0.0863. The molecule has 0 saturated carbocycles. The van der Waals surface area contributed by atoms with E-state index in [0.29, 0.717) is 42.5 Å². The zero-order chi connectivity index (χ0) is 29.5. The molecule has 9 heteroatoms. The molecule has 1 fully saturated rings. The third-order valence-corrected chi connectivity index (χ3v) is 7.37. The second-order valence-electron chi connectivity index (χ2n) is 10.0. The highest BCUT2D eigenvalue weighted by molar-refractivity contribution is 6.30. The van der Waals surface area contributed by atoms with Gasteiger partial charge in [0.1, 0.15) is 12.4 Å². The first-order valence-corrected chi connectivity index (χ1v) is 14.0. The van der Waals surface area contributed by atoms with Crippen molar-refractivity contribution < 1.29 is 18.8 Å². The van der Waals surface area contributed by atoms with Crippen molar-refractivity contribution in [2.45, 2.75) is 6.54 Å². The van der Waals surface area contributed by atoms with Crippen LogP contribution in [0.25, 0.3) is 0 Å². The number of nitrogens with one attached hydrogen (secondary N) is 1. The number of benzene rings is 4. The van der Waals surface area contributed by atoms with E-state index < -0.39 is 5.82 Å². The van der Waals surface area contributed by atoms with E-state index in [-0.39, 0.29) is 36.4 Å². The second kappa shape index (κ2) is 13.3. The number of halogens is 2. The van der Waals surface area contributed by atoms with Gasteiger partial charge < -0.3 is 20.0 Å². The molecule has 0 radical (unpaired) electrons. The third-order valence-electron chi connectivity index (χ3n) is 7.12. The number of amides is 3. The predicted octanol–water partition coefficient (Wildman–Crippen LogP) is 5.72. The maximum Gasteiger partial charge on any atom is 0.256 e. The van der Waals surface area contributed by atoms with Crippen molar-refractivity contribution >= 4 is 40.7 Å². The molecule has 0 spiro atoms. The normalized spacial score (nSPS) is 13.0. The van der Waals surface area contributed by atoms with Crippen LogP contribution >= 0.6 is 11.6 Å². The summed E-state index contributed by atoms with van der Waals surface area (Å²) in [6.07, 6.45) is 0. The summed E-state index contributed by atoms with van der Waals surface area (Å²) in [7, 11) is 0. The van der Waals surface area contributed by atoms with Gasteiger partial charge in [-0.05, 0) is 66.2 Å². The SMILES string of the molecule is O=C(CN(Cc1ccccc1)C(=O)c1ccc(Cl)cc1)Nc1ccc(N2CCN(C(=O)c3ccccc3F)CC2)cc1. The molecule has 1 aliphatic heterocycles. The topological polar surface area (TPSA) is 73.0 Å². The highest BCUT2D eigenvalue weighted by Crippen LogP contribution is 2.21. The lowest BCUT2D eigenvalue weighted by molar-refractivity contribution is -0.117. The van der Waals surface area contributed by atoms with E-state index in [1.165, 1.54) is 17.0 Å². The molecule has 1 N–H and O–H groups in total. The summed E-state index contributed by atoms with van der Waals surface area (Å²) in [5.74, 6) is -1.41. The number of rotatable bonds is 8. The van der Waals surface area contributed by atoms with Crippen molar-refractivity contribution in [3.63, 3.8) is 0 Å². The van der Waals surface area contributed by atoms with Crippen LogP contribution in [0, 0.1) is 5.82 Å². The van der Waals surface area contributed by atoms with E-state index in [4.69, 9.17) is 11.6 Å². The zero-order valence-corrected chi connectivity index (χ0v) is 23.6. The number of carbonyl (C=O) groups is 3. The van der Waals surface area contributed by atoms with Crippen LogP contribution < -0.4 is 10.2 Å². The van der Waals surface area contributed by atoms with Gasteiger partial charge >= 0.3 is 0 Å². The summed E-state index contributed by atoms with van der Waals surface area (Å²) < 4.78 is 14.1. The molecule has 1 saturated heterocycles. The number of hydrogen-bond acceptors (Lipinski definition) is 4. The zero-order valence-electron chi connectivity index (χ0n) is 22.9. The summed E-state index contributed by atoms with van der Waals surface area (Å²) >= 11 is 5.99. The largest absolute Gasteiger partial charge is 0.368 e. The Hall–Kier alpha value is -4.69. The Morgan fingerprint density at radius 2 is 1.43 bits per heavy atom. The molecule has 1 heterocycles. The predicted molar refractivity (Wildman–Crippen MR) is 162 cm³/mol. The van der Waals surface area contributed by atoms with Crippen molar-refractivity contribution in [3.05, 3.63) is 131 Å². The average Bonchev–Trinajstić information content (AvgIpc) is 3.02. The van der Waals surface area contributed by atoms with Crippen molar-refractivity contribution in [1.82, 2.24) is 9.80 Å². The molecule has 5 rings (SSSR count). The molecule has 0 aliphatic carbocycles. The molecular formula is C33H30ClFN4O3. The molecule has 4 aromatic carbocycles. The molecular weight excluding hydrogens is 555 g/mol. The monoisotopic (exact) mass is 584 g/mol. The van der Waals surface area contributed by atoms with E-state index in [9.17, 15) is 18.8 Å².